The maximum absolute atomic E-state index is 12.0. The number of nitrogens with zero attached hydrogens (tertiary/aromatic N) is 1. The summed E-state index contributed by atoms with van der Waals surface area (Å²) < 4.78 is 10.5. The van der Waals surface area contributed by atoms with E-state index >= 15 is 0 Å². The van der Waals surface area contributed by atoms with Crippen LogP contribution in [0.4, 0.5) is 4.79 Å². The van der Waals surface area contributed by atoms with Gasteiger partial charge in [0.05, 0.1) is 13.2 Å². The molecule has 0 atom stereocenters. The van der Waals surface area contributed by atoms with Gasteiger partial charge in [0.15, 0.2) is 0 Å². The van der Waals surface area contributed by atoms with Crippen LogP contribution in [0.1, 0.15) is 24.8 Å². The van der Waals surface area contributed by atoms with Gasteiger partial charge in [-0.05, 0) is 18.4 Å². The third-order valence-electron chi connectivity index (χ3n) is 4.81. The summed E-state index contributed by atoms with van der Waals surface area (Å²) in [4.78, 5) is 25.7. The van der Waals surface area contributed by atoms with Crippen LogP contribution in [-0.2, 0) is 20.9 Å². The number of ether oxygens (including phenoxy) is 2. The Balaban J connectivity index is 1.23. The molecule has 2 fully saturated rings. The van der Waals surface area contributed by atoms with Gasteiger partial charge in [-0.15, -0.1) is 0 Å². The summed E-state index contributed by atoms with van der Waals surface area (Å²) in [5, 5.41) is 6.26. The van der Waals surface area contributed by atoms with Gasteiger partial charge in [-0.3, -0.25) is 4.79 Å². The highest BCUT2D eigenvalue weighted by Crippen LogP contribution is 2.20. The number of carbonyl (C=O) groups excluding carboxylic acids is 2. The normalized spacial score (nSPS) is 22.4. The second-order valence-electron chi connectivity index (χ2n) is 6.77. The van der Waals surface area contributed by atoms with Gasteiger partial charge in [0.25, 0.3) is 0 Å². The van der Waals surface area contributed by atoms with E-state index in [1.165, 1.54) is 0 Å². The zero-order valence-electron chi connectivity index (χ0n) is 15.0. The molecular formula is C19H27N3O4. The third kappa shape index (κ3) is 5.71. The summed E-state index contributed by atoms with van der Waals surface area (Å²) in [7, 11) is 0. The number of carbonyl (C=O) groups is 2. The molecule has 1 heterocycles. The Bertz CT molecular complexity index is 584. The lowest BCUT2D eigenvalue weighted by Crippen LogP contribution is -2.53. The lowest BCUT2D eigenvalue weighted by molar-refractivity contribution is -0.135. The van der Waals surface area contributed by atoms with Crippen LogP contribution in [0.5, 0.6) is 0 Å². The molecule has 1 aliphatic carbocycles. The quantitative estimate of drug-likeness (QED) is 0.765. The lowest BCUT2D eigenvalue weighted by atomic mass is 9.87. The predicted octanol–water partition coefficient (Wildman–Crippen LogP) is 1.28. The molecule has 142 valence electrons. The summed E-state index contributed by atoms with van der Waals surface area (Å²) in [5.41, 5.74) is 0.973. The molecule has 2 N–H and O–H groups in total. The highest BCUT2D eigenvalue weighted by atomic mass is 16.5. The molecule has 2 amide bonds. The van der Waals surface area contributed by atoms with E-state index in [1.54, 1.807) is 0 Å². The number of hydrogen-bond donors (Lipinski definition) is 2. The Morgan fingerprint density at radius 2 is 1.85 bits per heavy atom. The molecule has 0 unspecified atom stereocenters. The first-order chi connectivity index (χ1) is 12.7. The molecule has 7 nitrogen and oxygen atoms in total. The average molecular weight is 361 g/mol. The van der Waals surface area contributed by atoms with Gasteiger partial charge in [0, 0.05) is 38.1 Å². The minimum atomic E-state index is -0.375. The monoisotopic (exact) mass is 361 g/mol. The van der Waals surface area contributed by atoms with Crippen molar-refractivity contribution in [3.63, 3.8) is 0 Å². The van der Waals surface area contributed by atoms with Gasteiger partial charge in [0.2, 0.25) is 5.91 Å². The molecule has 1 saturated heterocycles. The Morgan fingerprint density at radius 3 is 2.58 bits per heavy atom. The van der Waals surface area contributed by atoms with E-state index in [0.717, 1.165) is 18.4 Å². The first kappa shape index (κ1) is 18.7. The molecule has 0 aromatic heterocycles. The number of benzene rings is 1. The summed E-state index contributed by atoms with van der Waals surface area (Å²) in [6.45, 7) is 3.61. The molecule has 0 spiro atoms. The van der Waals surface area contributed by atoms with Crippen molar-refractivity contribution >= 4 is 12.0 Å². The Morgan fingerprint density at radius 1 is 1.12 bits per heavy atom. The molecule has 1 aromatic rings. The second kappa shape index (κ2) is 9.54. The number of rotatable bonds is 7. The highest BCUT2D eigenvalue weighted by molar-refractivity contribution is 5.76. The van der Waals surface area contributed by atoms with E-state index < -0.39 is 0 Å². The Labute approximate surface area is 154 Å². The Kier molecular flexibility index (Phi) is 6.85. The number of nitrogens with one attached hydrogen (secondary N) is 2. The second-order valence-corrected chi connectivity index (χ2v) is 6.77. The first-order valence-electron chi connectivity index (χ1n) is 9.27. The van der Waals surface area contributed by atoms with Crippen LogP contribution in [0.15, 0.2) is 30.3 Å². The molecule has 3 rings (SSSR count). The summed E-state index contributed by atoms with van der Waals surface area (Å²) in [6, 6.07) is 10.1. The number of hydrogen-bond acceptors (Lipinski definition) is 5. The molecule has 2 aliphatic rings. The van der Waals surface area contributed by atoms with Crippen molar-refractivity contribution in [1.29, 1.82) is 0 Å². The number of morpholine rings is 1. The minimum absolute atomic E-state index is 0.144. The first-order valence-corrected chi connectivity index (χ1v) is 9.27. The van der Waals surface area contributed by atoms with Gasteiger partial charge in [0.1, 0.15) is 6.61 Å². The summed E-state index contributed by atoms with van der Waals surface area (Å²) in [5.74, 6) is 0.180. The molecule has 1 saturated carbocycles. The maximum Gasteiger partial charge on any atom is 0.407 e. The number of alkyl carbamates (subject to hydrolysis) is 1. The van der Waals surface area contributed by atoms with Gasteiger partial charge in [-0.25, -0.2) is 4.79 Å². The SMILES string of the molecule is O=C(NC1CC(NCCC(=O)N2CCOCC2)C1)OCc1ccccc1. The van der Waals surface area contributed by atoms with Crippen LogP contribution in [-0.4, -0.2) is 61.8 Å². The highest BCUT2D eigenvalue weighted by Gasteiger charge is 2.30. The van der Waals surface area contributed by atoms with E-state index in [0.29, 0.717) is 45.3 Å². The smallest absolute Gasteiger partial charge is 0.407 e. The van der Waals surface area contributed by atoms with E-state index in [-0.39, 0.29) is 24.6 Å². The Hall–Kier alpha value is -2.12. The fourth-order valence-corrected chi connectivity index (χ4v) is 3.19. The van der Waals surface area contributed by atoms with Crippen LogP contribution >= 0.6 is 0 Å². The molecule has 26 heavy (non-hydrogen) atoms. The minimum Gasteiger partial charge on any atom is -0.445 e. The van der Waals surface area contributed by atoms with Crippen molar-refractivity contribution in [2.45, 2.75) is 38.0 Å². The van der Waals surface area contributed by atoms with Crippen molar-refractivity contribution < 1.29 is 19.1 Å². The zero-order chi connectivity index (χ0) is 18.2. The molecule has 0 bridgehead atoms. The molecular weight excluding hydrogens is 334 g/mol. The van der Waals surface area contributed by atoms with Crippen LogP contribution < -0.4 is 10.6 Å². The number of amides is 2. The lowest BCUT2D eigenvalue weighted by Gasteiger charge is -2.36. The molecule has 0 radical (unpaired) electrons. The van der Waals surface area contributed by atoms with E-state index in [2.05, 4.69) is 10.6 Å². The van der Waals surface area contributed by atoms with Gasteiger partial charge in [-0.1, -0.05) is 30.3 Å². The van der Waals surface area contributed by atoms with Crippen LogP contribution in [0, 0.1) is 0 Å². The third-order valence-corrected chi connectivity index (χ3v) is 4.81. The zero-order valence-corrected chi connectivity index (χ0v) is 15.0. The van der Waals surface area contributed by atoms with Crippen molar-refractivity contribution in [2.24, 2.45) is 0 Å². The van der Waals surface area contributed by atoms with Crippen molar-refractivity contribution in [3.8, 4) is 0 Å². The molecule has 1 aromatic carbocycles. The van der Waals surface area contributed by atoms with E-state index in [1.807, 2.05) is 35.2 Å². The standard InChI is InChI=1S/C19H27N3O4/c23-18(22-8-10-25-11-9-22)6-7-20-16-12-17(13-16)21-19(24)26-14-15-4-2-1-3-5-15/h1-5,16-17,20H,6-14H2,(H,21,24). The van der Waals surface area contributed by atoms with Crippen LogP contribution in [0.25, 0.3) is 0 Å². The largest absolute Gasteiger partial charge is 0.445 e. The average Bonchev–Trinajstić information content (AvgIpc) is 2.65. The summed E-state index contributed by atoms with van der Waals surface area (Å²) in [6.07, 6.45) is 1.87. The van der Waals surface area contributed by atoms with Crippen molar-refractivity contribution in [1.82, 2.24) is 15.5 Å². The molecule has 1 aliphatic heterocycles. The predicted molar refractivity (Wildman–Crippen MR) is 96.6 cm³/mol. The molecule has 7 heteroatoms. The van der Waals surface area contributed by atoms with Gasteiger partial charge in [-0.2, -0.15) is 0 Å². The maximum atomic E-state index is 12.0. The van der Waals surface area contributed by atoms with E-state index in [4.69, 9.17) is 9.47 Å². The van der Waals surface area contributed by atoms with E-state index in [9.17, 15) is 9.59 Å². The van der Waals surface area contributed by atoms with Crippen LogP contribution in [0.3, 0.4) is 0 Å². The fraction of sp³-hybridized carbons (Fsp3) is 0.579. The van der Waals surface area contributed by atoms with Crippen molar-refractivity contribution in [2.75, 3.05) is 32.8 Å². The van der Waals surface area contributed by atoms with Crippen LogP contribution in [0.2, 0.25) is 0 Å². The van der Waals surface area contributed by atoms with Gasteiger partial charge < -0.3 is 25.0 Å². The fourth-order valence-electron chi connectivity index (χ4n) is 3.19. The van der Waals surface area contributed by atoms with Gasteiger partial charge >= 0.3 is 6.09 Å². The topological polar surface area (TPSA) is 79.9 Å². The summed E-state index contributed by atoms with van der Waals surface area (Å²) >= 11 is 0. The van der Waals surface area contributed by atoms with Crippen molar-refractivity contribution in [3.05, 3.63) is 35.9 Å².